The summed E-state index contributed by atoms with van der Waals surface area (Å²) in [6.07, 6.45) is 4.68. The minimum atomic E-state index is 1.15. The zero-order chi connectivity index (χ0) is 14.7. The fourth-order valence-electron chi connectivity index (χ4n) is 2.96. The highest BCUT2D eigenvalue weighted by Crippen LogP contribution is 2.26. The van der Waals surface area contributed by atoms with E-state index in [1.807, 2.05) is 0 Å². The smallest absolute Gasteiger partial charge is 0.0464 e. The Labute approximate surface area is 127 Å². The number of H-pyrrole nitrogens is 1. The molecule has 2 aromatic carbocycles. The summed E-state index contributed by atoms with van der Waals surface area (Å²) in [7, 11) is 0. The number of hydrogen-bond donors (Lipinski definition) is 1. The Balaban J connectivity index is 1.98. The van der Waals surface area contributed by atoms with Crippen LogP contribution in [0.2, 0.25) is 0 Å². The van der Waals surface area contributed by atoms with Crippen LogP contribution in [-0.2, 0) is 12.8 Å². The molecule has 1 heterocycles. The lowest BCUT2D eigenvalue weighted by atomic mass is 10.0. The third-order valence-corrected chi connectivity index (χ3v) is 4.00. The average molecular weight is 277 g/mol. The van der Waals surface area contributed by atoms with Crippen LogP contribution >= 0.6 is 0 Å². The van der Waals surface area contributed by atoms with E-state index in [4.69, 9.17) is 0 Å². The number of fused-ring (bicyclic) bond motifs is 1. The average Bonchev–Trinajstić information content (AvgIpc) is 2.91. The van der Waals surface area contributed by atoms with E-state index < -0.39 is 0 Å². The molecule has 0 unspecified atom stereocenters. The van der Waals surface area contributed by atoms with Crippen LogP contribution < -0.4 is 0 Å². The first-order valence-electron chi connectivity index (χ1n) is 8.01. The molecule has 0 spiro atoms. The molecule has 3 aromatic rings. The predicted octanol–water partition coefficient (Wildman–Crippen LogP) is 5.74. The molecule has 21 heavy (non-hydrogen) atoms. The van der Waals surface area contributed by atoms with Crippen molar-refractivity contribution in [2.24, 2.45) is 0 Å². The van der Waals surface area contributed by atoms with Crippen LogP contribution in [0.4, 0.5) is 0 Å². The van der Waals surface area contributed by atoms with E-state index >= 15 is 0 Å². The summed E-state index contributed by atoms with van der Waals surface area (Å²) in [4.78, 5) is 3.58. The van der Waals surface area contributed by atoms with E-state index in [9.17, 15) is 0 Å². The van der Waals surface area contributed by atoms with E-state index in [0.29, 0.717) is 0 Å². The molecule has 0 radical (unpaired) electrons. The van der Waals surface area contributed by atoms with E-state index in [-0.39, 0.29) is 0 Å². The van der Waals surface area contributed by atoms with Crippen LogP contribution in [-0.4, -0.2) is 4.98 Å². The van der Waals surface area contributed by atoms with Crippen molar-refractivity contribution in [3.63, 3.8) is 0 Å². The predicted molar refractivity (Wildman–Crippen MR) is 91.7 cm³/mol. The summed E-state index contributed by atoms with van der Waals surface area (Å²) in [5.74, 6) is 0. The molecule has 1 heteroatoms. The van der Waals surface area contributed by atoms with Gasteiger partial charge in [0.2, 0.25) is 0 Å². The molecule has 1 N–H and O–H groups in total. The molecule has 0 aliphatic rings. The number of aromatic amines is 1. The van der Waals surface area contributed by atoms with Gasteiger partial charge >= 0.3 is 0 Å². The number of hydrogen-bond acceptors (Lipinski definition) is 0. The molecule has 1 aromatic heterocycles. The first kappa shape index (κ1) is 13.9. The monoisotopic (exact) mass is 277 g/mol. The topological polar surface area (TPSA) is 15.8 Å². The molecule has 0 aliphatic heterocycles. The van der Waals surface area contributed by atoms with Crippen molar-refractivity contribution < 1.29 is 0 Å². The second kappa shape index (κ2) is 6.17. The first-order chi connectivity index (χ1) is 10.3. The summed E-state index contributed by atoms with van der Waals surface area (Å²) in [6, 6.07) is 17.9. The van der Waals surface area contributed by atoms with Gasteiger partial charge in [0, 0.05) is 16.6 Å². The van der Waals surface area contributed by atoms with Gasteiger partial charge < -0.3 is 4.98 Å². The largest absolute Gasteiger partial charge is 0.355 e. The minimum absolute atomic E-state index is 1.15. The third kappa shape index (κ3) is 3.02. The van der Waals surface area contributed by atoms with Gasteiger partial charge in [0.1, 0.15) is 0 Å². The Morgan fingerprint density at radius 2 is 1.57 bits per heavy atom. The normalized spacial score (nSPS) is 11.1. The highest BCUT2D eigenvalue weighted by molar-refractivity contribution is 5.86. The molecule has 1 nitrogen and oxygen atoms in total. The van der Waals surface area contributed by atoms with E-state index in [0.717, 1.165) is 12.8 Å². The highest BCUT2D eigenvalue weighted by atomic mass is 14.7. The van der Waals surface area contributed by atoms with E-state index in [1.165, 1.54) is 46.1 Å². The maximum Gasteiger partial charge on any atom is 0.0464 e. The number of aryl methyl sites for hydroxylation is 2. The number of benzene rings is 2. The van der Waals surface area contributed by atoms with Crippen molar-refractivity contribution in [2.75, 3.05) is 0 Å². The molecule has 0 fully saturated rings. The van der Waals surface area contributed by atoms with Gasteiger partial charge in [-0.15, -0.1) is 0 Å². The Morgan fingerprint density at radius 1 is 0.810 bits per heavy atom. The van der Waals surface area contributed by atoms with Crippen LogP contribution in [0, 0.1) is 0 Å². The molecule has 0 bridgehead atoms. The maximum atomic E-state index is 3.58. The van der Waals surface area contributed by atoms with Crippen LogP contribution in [0.3, 0.4) is 0 Å². The standard InChI is InChI=1S/C20H23N/c1-3-6-15-8-5-9-17(12-15)20-14-18-11-10-16(7-4-2)13-19(18)21-20/h5,8-14,21H,3-4,6-7H2,1-2H3. The van der Waals surface area contributed by atoms with Crippen LogP contribution in [0.25, 0.3) is 22.2 Å². The second-order valence-electron chi connectivity index (χ2n) is 5.80. The lowest BCUT2D eigenvalue weighted by Gasteiger charge is -2.02. The van der Waals surface area contributed by atoms with Crippen LogP contribution in [0.1, 0.15) is 37.8 Å². The van der Waals surface area contributed by atoms with Crippen molar-refractivity contribution in [3.05, 3.63) is 59.7 Å². The third-order valence-electron chi connectivity index (χ3n) is 4.00. The molecule has 0 saturated carbocycles. The Hall–Kier alpha value is -2.02. The van der Waals surface area contributed by atoms with Crippen molar-refractivity contribution >= 4 is 10.9 Å². The molecular weight excluding hydrogens is 254 g/mol. The first-order valence-corrected chi connectivity index (χ1v) is 8.01. The van der Waals surface area contributed by atoms with Crippen molar-refractivity contribution in [3.8, 4) is 11.3 Å². The van der Waals surface area contributed by atoms with Gasteiger partial charge in [-0.1, -0.05) is 57.0 Å². The summed E-state index contributed by atoms with van der Waals surface area (Å²) in [5.41, 5.74) is 6.58. The molecule has 0 atom stereocenters. The molecule has 108 valence electrons. The number of aromatic nitrogens is 1. The fraction of sp³-hybridized carbons (Fsp3) is 0.300. The zero-order valence-corrected chi connectivity index (χ0v) is 12.9. The van der Waals surface area contributed by atoms with E-state index in [1.54, 1.807) is 0 Å². The maximum absolute atomic E-state index is 3.58. The van der Waals surface area contributed by atoms with Crippen LogP contribution in [0.15, 0.2) is 48.5 Å². The van der Waals surface area contributed by atoms with Gasteiger partial charge in [-0.25, -0.2) is 0 Å². The van der Waals surface area contributed by atoms with Gasteiger partial charge in [0.25, 0.3) is 0 Å². The highest BCUT2D eigenvalue weighted by Gasteiger charge is 2.05. The lowest BCUT2D eigenvalue weighted by Crippen LogP contribution is -1.84. The Bertz CT molecular complexity index is 736. The molecule has 3 rings (SSSR count). The van der Waals surface area contributed by atoms with Gasteiger partial charge in [-0.05, 0) is 47.7 Å². The van der Waals surface area contributed by atoms with Crippen molar-refractivity contribution in [2.45, 2.75) is 39.5 Å². The molecule has 0 aliphatic carbocycles. The number of nitrogens with one attached hydrogen (secondary N) is 1. The van der Waals surface area contributed by atoms with E-state index in [2.05, 4.69) is 67.4 Å². The lowest BCUT2D eigenvalue weighted by molar-refractivity contribution is 0.922. The molecular formula is C20H23N. The van der Waals surface area contributed by atoms with Crippen molar-refractivity contribution in [1.29, 1.82) is 0 Å². The second-order valence-corrected chi connectivity index (χ2v) is 5.80. The zero-order valence-electron chi connectivity index (χ0n) is 12.9. The van der Waals surface area contributed by atoms with Crippen molar-refractivity contribution in [1.82, 2.24) is 4.98 Å². The van der Waals surface area contributed by atoms with Gasteiger partial charge in [-0.3, -0.25) is 0 Å². The molecule has 0 saturated heterocycles. The van der Waals surface area contributed by atoms with Crippen LogP contribution in [0.5, 0.6) is 0 Å². The summed E-state index contributed by atoms with van der Waals surface area (Å²) in [6.45, 7) is 4.45. The molecule has 0 amide bonds. The quantitative estimate of drug-likeness (QED) is 0.612. The van der Waals surface area contributed by atoms with Gasteiger partial charge in [0.15, 0.2) is 0 Å². The Kier molecular flexibility index (Phi) is 4.10. The summed E-state index contributed by atoms with van der Waals surface area (Å²) >= 11 is 0. The Morgan fingerprint density at radius 3 is 2.33 bits per heavy atom. The van der Waals surface area contributed by atoms with Gasteiger partial charge in [-0.2, -0.15) is 0 Å². The summed E-state index contributed by atoms with van der Waals surface area (Å²) in [5, 5.41) is 1.30. The minimum Gasteiger partial charge on any atom is -0.355 e. The SMILES string of the molecule is CCCc1cccc(-c2cc3ccc(CCC)cc3[nH]2)c1. The number of rotatable bonds is 5. The fourth-order valence-corrected chi connectivity index (χ4v) is 2.96. The summed E-state index contributed by atoms with van der Waals surface area (Å²) < 4.78 is 0. The van der Waals surface area contributed by atoms with Gasteiger partial charge in [0.05, 0.1) is 0 Å².